The van der Waals surface area contributed by atoms with Crippen molar-refractivity contribution in [2.24, 2.45) is 0 Å². The van der Waals surface area contributed by atoms with Crippen LogP contribution in [-0.4, -0.2) is 18.1 Å². The molecule has 1 amide bonds. The lowest BCUT2D eigenvalue weighted by Crippen LogP contribution is -2.34. The van der Waals surface area contributed by atoms with Crippen molar-refractivity contribution in [1.29, 1.82) is 0 Å². The summed E-state index contributed by atoms with van der Waals surface area (Å²) >= 11 is 9.43. The van der Waals surface area contributed by atoms with Gasteiger partial charge in [0.15, 0.2) is 5.11 Å². The molecule has 2 aromatic rings. The van der Waals surface area contributed by atoms with Gasteiger partial charge in [0.05, 0.1) is 12.8 Å². The van der Waals surface area contributed by atoms with Crippen molar-refractivity contribution in [2.45, 2.75) is 4.90 Å². The Bertz CT molecular complexity index is 657. The van der Waals surface area contributed by atoms with E-state index in [1.54, 1.807) is 31.4 Å². The third-order valence-electron chi connectivity index (χ3n) is 2.73. The van der Waals surface area contributed by atoms with Crippen molar-refractivity contribution in [3.8, 4) is 5.75 Å². The van der Waals surface area contributed by atoms with E-state index in [9.17, 15) is 4.79 Å². The molecule has 0 radical (unpaired) electrons. The van der Waals surface area contributed by atoms with Crippen LogP contribution >= 0.6 is 24.8 Å². The Morgan fingerprint density at radius 1 is 1.14 bits per heavy atom. The predicted octanol–water partition coefficient (Wildman–Crippen LogP) is 3.11. The van der Waals surface area contributed by atoms with Gasteiger partial charge in [-0.25, -0.2) is 0 Å². The Balaban J connectivity index is 1.98. The monoisotopic (exact) mass is 318 g/mol. The molecule has 6 heteroatoms. The Labute approximate surface area is 133 Å². The van der Waals surface area contributed by atoms with Crippen molar-refractivity contribution < 1.29 is 9.53 Å². The van der Waals surface area contributed by atoms with E-state index in [1.807, 2.05) is 24.3 Å². The summed E-state index contributed by atoms with van der Waals surface area (Å²) in [5, 5.41) is 5.77. The Morgan fingerprint density at radius 3 is 2.43 bits per heavy atom. The Hall–Kier alpha value is -2.05. The Kier molecular flexibility index (Phi) is 5.19. The zero-order valence-corrected chi connectivity index (χ0v) is 13.0. The molecule has 21 heavy (non-hydrogen) atoms. The van der Waals surface area contributed by atoms with E-state index >= 15 is 0 Å². The van der Waals surface area contributed by atoms with Crippen LogP contribution in [0.3, 0.4) is 0 Å². The molecule has 2 rings (SSSR count). The molecule has 2 N–H and O–H groups in total. The van der Waals surface area contributed by atoms with E-state index in [4.69, 9.17) is 17.0 Å². The lowest BCUT2D eigenvalue weighted by Gasteiger charge is -2.11. The first-order valence-electron chi connectivity index (χ1n) is 6.14. The van der Waals surface area contributed by atoms with Crippen LogP contribution < -0.4 is 15.4 Å². The highest BCUT2D eigenvalue weighted by molar-refractivity contribution is 7.81. The first-order chi connectivity index (χ1) is 10.1. The lowest BCUT2D eigenvalue weighted by atomic mass is 10.2. The van der Waals surface area contributed by atoms with Crippen LogP contribution in [0.4, 0.5) is 5.69 Å². The number of methoxy groups -OCH3 is 1. The number of amides is 1. The van der Waals surface area contributed by atoms with Crippen LogP contribution in [0.2, 0.25) is 0 Å². The molecule has 0 saturated carbocycles. The number of hydrogen-bond donors (Lipinski definition) is 3. The third kappa shape index (κ3) is 4.21. The predicted molar refractivity (Wildman–Crippen MR) is 90.4 cm³/mol. The molecular weight excluding hydrogens is 304 g/mol. The van der Waals surface area contributed by atoms with Crippen molar-refractivity contribution in [3.05, 3.63) is 54.1 Å². The number of carbonyl (C=O) groups is 1. The third-order valence-corrected chi connectivity index (χ3v) is 3.33. The van der Waals surface area contributed by atoms with Gasteiger partial charge in [-0.15, -0.1) is 12.6 Å². The number of para-hydroxylation sites is 1. The first-order valence-corrected chi connectivity index (χ1v) is 7.00. The van der Waals surface area contributed by atoms with Gasteiger partial charge in [0.1, 0.15) is 5.75 Å². The van der Waals surface area contributed by atoms with Gasteiger partial charge in [-0.2, -0.15) is 0 Å². The Morgan fingerprint density at radius 2 is 1.81 bits per heavy atom. The number of benzene rings is 2. The fourth-order valence-corrected chi connectivity index (χ4v) is 2.07. The molecule has 0 aromatic heterocycles. The van der Waals surface area contributed by atoms with Crippen molar-refractivity contribution in [3.63, 3.8) is 0 Å². The van der Waals surface area contributed by atoms with Crippen molar-refractivity contribution >= 4 is 41.6 Å². The highest BCUT2D eigenvalue weighted by Crippen LogP contribution is 2.18. The van der Waals surface area contributed by atoms with Gasteiger partial charge >= 0.3 is 0 Å². The summed E-state index contributed by atoms with van der Waals surface area (Å²) in [7, 11) is 1.57. The molecule has 0 fully saturated rings. The summed E-state index contributed by atoms with van der Waals surface area (Å²) < 4.78 is 5.04. The van der Waals surface area contributed by atoms with Gasteiger partial charge in [-0.05, 0) is 48.6 Å². The number of hydrogen-bond acceptors (Lipinski definition) is 4. The fourth-order valence-electron chi connectivity index (χ4n) is 1.65. The second kappa shape index (κ2) is 7.10. The average Bonchev–Trinajstić information content (AvgIpc) is 2.49. The van der Waals surface area contributed by atoms with E-state index in [0.29, 0.717) is 11.3 Å². The summed E-state index contributed by atoms with van der Waals surface area (Å²) in [5.41, 5.74) is 1.24. The molecule has 0 unspecified atom stereocenters. The second-order valence-electron chi connectivity index (χ2n) is 4.15. The first kappa shape index (κ1) is 15.3. The normalized spacial score (nSPS) is 9.81. The highest BCUT2D eigenvalue weighted by atomic mass is 32.1. The van der Waals surface area contributed by atoms with E-state index in [0.717, 1.165) is 10.6 Å². The second-order valence-corrected chi connectivity index (χ2v) is 5.04. The van der Waals surface area contributed by atoms with Gasteiger partial charge in [0.25, 0.3) is 5.91 Å². The van der Waals surface area contributed by atoms with Gasteiger partial charge < -0.3 is 10.1 Å². The highest BCUT2D eigenvalue weighted by Gasteiger charge is 2.08. The number of carbonyl (C=O) groups excluding carboxylic acids is 1. The van der Waals surface area contributed by atoms with Crippen LogP contribution in [0, 0.1) is 0 Å². The quantitative estimate of drug-likeness (QED) is 0.601. The fraction of sp³-hybridized carbons (Fsp3) is 0.0667. The lowest BCUT2D eigenvalue weighted by molar-refractivity contribution is 0.0977. The van der Waals surface area contributed by atoms with E-state index < -0.39 is 0 Å². The zero-order chi connectivity index (χ0) is 15.2. The summed E-state index contributed by atoms with van der Waals surface area (Å²) in [4.78, 5) is 12.8. The topological polar surface area (TPSA) is 50.4 Å². The summed E-state index contributed by atoms with van der Waals surface area (Å²) in [5.74, 6) is 0.406. The smallest absolute Gasteiger partial charge is 0.257 e. The number of ether oxygens (including phenoxy) is 1. The average molecular weight is 318 g/mol. The number of thiol groups is 1. The zero-order valence-electron chi connectivity index (χ0n) is 11.3. The van der Waals surface area contributed by atoms with Gasteiger partial charge in [0, 0.05) is 10.5 Å². The molecule has 2 aromatic carbocycles. The molecule has 0 atom stereocenters. The maximum atomic E-state index is 12.0. The van der Waals surface area contributed by atoms with Crippen LogP contribution in [0.1, 0.15) is 10.4 Å². The summed E-state index contributed by atoms with van der Waals surface area (Å²) in [6, 6.07) is 14.2. The van der Waals surface area contributed by atoms with Crippen LogP contribution in [-0.2, 0) is 0 Å². The molecular formula is C15H14N2O2S2. The van der Waals surface area contributed by atoms with E-state index in [1.165, 1.54) is 0 Å². The minimum absolute atomic E-state index is 0.220. The standard InChI is InChI=1S/C15H14N2O2S2/c1-19-11-8-6-10(7-9-11)14(18)17-15(21)16-12-4-2-3-5-13(12)20/h2-9,20H,1H3,(H2,16,17,18,21). The van der Waals surface area contributed by atoms with Crippen LogP contribution in [0.25, 0.3) is 0 Å². The van der Waals surface area contributed by atoms with E-state index in [2.05, 4.69) is 23.3 Å². The molecule has 0 aliphatic carbocycles. The molecule has 0 heterocycles. The van der Waals surface area contributed by atoms with Gasteiger partial charge in [-0.3, -0.25) is 10.1 Å². The maximum absolute atomic E-state index is 12.0. The number of rotatable bonds is 3. The van der Waals surface area contributed by atoms with E-state index in [-0.39, 0.29) is 11.0 Å². The molecule has 0 saturated heterocycles. The maximum Gasteiger partial charge on any atom is 0.257 e. The number of thiocarbonyl (C=S) groups is 1. The summed E-state index contributed by atoms with van der Waals surface area (Å²) in [6.07, 6.45) is 0. The molecule has 0 spiro atoms. The van der Waals surface area contributed by atoms with Crippen molar-refractivity contribution in [1.82, 2.24) is 5.32 Å². The van der Waals surface area contributed by atoms with Gasteiger partial charge in [0.2, 0.25) is 0 Å². The minimum atomic E-state index is -0.285. The van der Waals surface area contributed by atoms with Crippen LogP contribution in [0.15, 0.2) is 53.4 Å². The van der Waals surface area contributed by atoms with Crippen LogP contribution in [0.5, 0.6) is 5.75 Å². The minimum Gasteiger partial charge on any atom is -0.497 e. The largest absolute Gasteiger partial charge is 0.497 e. The van der Waals surface area contributed by atoms with Gasteiger partial charge in [-0.1, -0.05) is 12.1 Å². The number of anilines is 1. The molecule has 0 aliphatic rings. The number of nitrogens with one attached hydrogen (secondary N) is 2. The molecule has 108 valence electrons. The van der Waals surface area contributed by atoms with Crippen molar-refractivity contribution in [2.75, 3.05) is 12.4 Å². The molecule has 0 aliphatic heterocycles. The molecule has 0 bridgehead atoms. The summed E-state index contributed by atoms with van der Waals surface area (Å²) in [6.45, 7) is 0. The molecule has 4 nitrogen and oxygen atoms in total. The SMILES string of the molecule is COc1ccc(C(=O)NC(=S)Nc2ccccc2S)cc1.